The van der Waals surface area contributed by atoms with Gasteiger partial charge >= 0.3 is 15.2 Å². The Labute approximate surface area is 333 Å². The third-order valence-corrected chi connectivity index (χ3v) is 13.4. The zero-order chi connectivity index (χ0) is 40.3. The minimum absolute atomic E-state index is 0.409. The van der Waals surface area contributed by atoms with Crippen LogP contribution >= 0.6 is 15.2 Å². The van der Waals surface area contributed by atoms with E-state index < -0.39 is 15.2 Å². The van der Waals surface area contributed by atoms with Crippen LogP contribution in [-0.4, -0.2) is 54.9 Å². The Bertz CT molecular complexity index is 1790. The monoisotopic (exact) mass is 808 g/mol. The topological polar surface area (TPSA) is 108 Å². The van der Waals surface area contributed by atoms with Crippen LogP contribution in [0.3, 0.4) is 0 Å². The third-order valence-electron chi connectivity index (χ3n) is 9.73. The second-order valence-corrected chi connectivity index (χ2v) is 18.3. The van der Waals surface area contributed by atoms with Crippen molar-refractivity contribution in [2.45, 2.75) is 79.1 Å². The maximum Gasteiger partial charge on any atom is 0.360 e. The molecule has 8 bridgehead atoms. The SMILES string of the molecule is CCCOc1c2cccc1Cc1cc(P(=O)(OC)OC)cc(c1OCCC)Cc1cccc(c1OCCC)Cc1cc(P(=O)(OC)OC)cc(c1OCCC)C2. The normalized spacial score (nSPS) is 13.0. The van der Waals surface area contributed by atoms with Crippen LogP contribution in [0.15, 0.2) is 60.7 Å². The molecule has 56 heavy (non-hydrogen) atoms. The largest absolute Gasteiger partial charge is 0.493 e. The average Bonchev–Trinajstić information content (AvgIpc) is 3.21. The molecule has 0 atom stereocenters. The van der Waals surface area contributed by atoms with Gasteiger partial charge in [-0.3, -0.25) is 9.13 Å². The summed E-state index contributed by atoms with van der Waals surface area (Å²) < 4.78 is 76.9. The molecular weight excluding hydrogens is 750 g/mol. The zero-order valence-electron chi connectivity index (χ0n) is 34.2. The van der Waals surface area contributed by atoms with Gasteiger partial charge in [0, 0.05) is 54.1 Å². The molecule has 304 valence electrons. The van der Waals surface area contributed by atoms with Gasteiger partial charge in [-0.2, -0.15) is 0 Å². The summed E-state index contributed by atoms with van der Waals surface area (Å²) in [5, 5.41) is 0.885. The summed E-state index contributed by atoms with van der Waals surface area (Å²) in [5.74, 6) is 2.93. The highest BCUT2D eigenvalue weighted by molar-refractivity contribution is 7.62. The van der Waals surface area contributed by atoms with Crippen LogP contribution in [0.2, 0.25) is 0 Å². The van der Waals surface area contributed by atoms with Crippen molar-refractivity contribution < 1.29 is 46.2 Å². The molecule has 5 rings (SSSR count). The van der Waals surface area contributed by atoms with Crippen molar-refractivity contribution in [3.63, 3.8) is 0 Å². The summed E-state index contributed by atoms with van der Waals surface area (Å²) in [6.07, 6.45) is 4.85. The lowest BCUT2D eigenvalue weighted by Crippen LogP contribution is -2.16. The van der Waals surface area contributed by atoms with Crippen molar-refractivity contribution in [2.75, 3.05) is 54.9 Å². The van der Waals surface area contributed by atoms with Gasteiger partial charge < -0.3 is 37.0 Å². The molecule has 10 nitrogen and oxygen atoms in total. The number of fused-ring (bicyclic) bond motifs is 8. The van der Waals surface area contributed by atoms with Gasteiger partial charge in [0.05, 0.1) is 37.0 Å². The van der Waals surface area contributed by atoms with Crippen molar-refractivity contribution in [3.8, 4) is 23.0 Å². The highest BCUT2D eigenvalue weighted by atomic mass is 31.2. The molecule has 4 aromatic carbocycles. The van der Waals surface area contributed by atoms with E-state index in [0.29, 0.717) is 62.7 Å². The maximum atomic E-state index is 14.1. The molecule has 1 aliphatic carbocycles. The van der Waals surface area contributed by atoms with Crippen molar-refractivity contribution >= 4 is 25.8 Å². The molecule has 0 spiro atoms. The van der Waals surface area contributed by atoms with Gasteiger partial charge in [0.2, 0.25) is 0 Å². The molecule has 0 amide bonds. The van der Waals surface area contributed by atoms with Crippen LogP contribution in [0.25, 0.3) is 0 Å². The van der Waals surface area contributed by atoms with Gasteiger partial charge in [-0.15, -0.1) is 0 Å². The van der Waals surface area contributed by atoms with Gasteiger partial charge in [-0.1, -0.05) is 64.1 Å². The Hall–Kier alpha value is -3.62. The summed E-state index contributed by atoms with van der Waals surface area (Å²) >= 11 is 0. The summed E-state index contributed by atoms with van der Waals surface area (Å²) in [4.78, 5) is 0. The first-order valence-electron chi connectivity index (χ1n) is 19.6. The fraction of sp³-hybridized carbons (Fsp3) is 0.455. The van der Waals surface area contributed by atoms with E-state index in [4.69, 9.17) is 37.0 Å². The smallest absolute Gasteiger partial charge is 0.360 e. The molecular formula is C44H58O10P2. The van der Waals surface area contributed by atoms with Crippen molar-refractivity contribution in [2.24, 2.45) is 0 Å². The van der Waals surface area contributed by atoms with Crippen molar-refractivity contribution in [3.05, 3.63) is 105 Å². The van der Waals surface area contributed by atoms with E-state index in [1.807, 2.05) is 36.4 Å². The molecule has 0 aliphatic heterocycles. The third kappa shape index (κ3) is 9.73. The molecule has 12 heteroatoms. The summed E-state index contributed by atoms with van der Waals surface area (Å²) in [6.45, 7) is 10.3. The fourth-order valence-corrected chi connectivity index (χ4v) is 9.49. The predicted octanol–water partition coefficient (Wildman–Crippen LogP) is 9.74. The van der Waals surface area contributed by atoms with E-state index in [0.717, 1.165) is 93.2 Å². The lowest BCUT2D eigenvalue weighted by atomic mass is 9.91. The Morgan fingerprint density at radius 2 is 0.643 bits per heavy atom. The first-order chi connectivity index (χ1) is 27.1. The minimum atomic E-state index is -3.68. The summed E-state index contributed by atoms with van der Waals surface area (Å²) in [6, 6.07) is 19.8. The molecule has 0 saturated carbocycles. The Morgan fingerprint density at radius 1 is 0.411 bits per heavy atom. The van der Waals surface area contributed by atoms with E-state index >= 15 is 0 Å². The van der Waals surface area contributed by atoms with Gasteiger partial charge in [0.15, 0.2) is 0 Å². The summed E-state index contributed by atoms with van der Waals surface area (Å²) in [5.41, 5.74) is 7.03. The molecule has 0 N–H and O–H groups in total. The van der Waals surface area contributed by atoms with Crippen LogP contribution < -0.4 is 29.6 Å². The van der Waals surface area contributed by atoms with E-state index in [2.05, 4.69) is 52.0 Å². The number of ether oxygens (including phenoxy) is 4. The first kappa shape index (κ1) is 43.5. The van der Waals surface area contributed by atoms with Crippen LogP contribution in [0.1, 0.15) is 97.9 Å². The maximum absolute atomic E-state index is 14.1. The lowest BCUT2D eigenvalue weighted by Gasteiger charge is -2.25. The first-order valence-corrected chi connectivity index (χ1v) is 22.7. The Balaban J connectivity index is 1.91. The molecule has 4 aromatic rings. The molecule has 0 aromatic heterocycles. The van der Waals surface area contributed by atoms with Crippen molar-refractivity contribution in [1.82, 2.24) is 0 Å². The zero-order valence-corrected chi connectivity index (χ0v) is 36.0. The second-order valence-electron chi connectivity index (χ2n) is 13.8. The van der Waals surface area contributed by atoms with E-state index in [1.165, 1.54) is 28.4 Å². The van der Waals surface area contributed by atoms with Crippen molar-refractivity contribution in [1.29, 1.82) is 0 Å². The predicted molar refractivity (Wildman–Crippen MR) is 223 cm³/mol. The van der Waals surface area contributed by atoms with Gasteiger partial charge in [-0.25, -0.2) is 0 Å². The standard InChI is InChI=1S/C44H58O10P2/c1-9-19-51-41-31-15-13-16-32(41)24-36-28-40(56(46,49-7)50-8)30-38(44(36)54-22-12-4)26-34-18-14-17-33(42(34)52-20-10-2)25-37-29-39(55(45,47-5)48-6)27-35(23-31)43(37)53-21-11-3/h13-18,27-30H,9-12,19-26H2,1-8H3. The number of hydrogen-bond donors (Lipinski definition) is 0. The van der Waals surface area contributed by atoms with Crippen LogP contribution in [0.4, 0.5) is 0 Å². The number of para-hydroxylation sites is 2. The van der Waals surface area contributed by atoms with Crippen LogP contribution in [0, 0.1) is 0 Å². The number of benzene rings is 4. The number of rotatable bonds is 18. The second kappa shape index (κ2) is 20.2. The van der Waals surface area contributed by atoms with E-state index in [-0.39, 0.29) is 0 Å². The van der Waals surface area contributed by atoms with E-state index in [1.54, 1.807) is 0 Å². The molecule has 0 unspecified atom stereocenters. The highest BCUT2D eigenvalue weighted by Crippen LogP contribution is 2.49. The van der Waals surface area contributed by atoms with Crippen LogP contribution in [-0.2, 0) is 52.9 Å². The Kier molecular flexibility index (Phi) is 15.7. The molecule has 0 heterocycles. The molecule has 1 aliphatic rings. The van der Waals surface area contributed by atoms with Gasteiger partial charge in [0.1, 0.15) is 23.0 Å². The van der Waals surface area contributed by atoms with Gasteiger partial charge in [-0.05, 0) is 94.5 Å². The molecule has 0 radical (unpaired) electrons. The average molecular weight is 809 g/mol. The fourth-order valence-electron chi connectivity index (χ4n) is 7.10. The Morgan fingerprint density at radius 3 is 0.857 bits per heavy atom. The molecule has 0 fully saturated rings. The highest BCUT2D eigenvalue weighted by Gasteiger charge is 2.31. The molecule has 0 saturated heterocycles. The minimum Gasteiger partial charge on any atom is -0.493 e. The number of hydrogen-bond acceptors (Lipinski definition) is 10. The lowest BCUT2D eigenvalue weighted by molar-refractivity contribution is 0.286. The van der Waals surface area contributed by atoms with E-state index in [9.17, 15) is 9.13 Å². The summed E-state index contributed by atoms with van der Waals surface area (Å²) in [7, 11) is -1.74. The van der Waals surface area contributed by atoms with Crippen LogP contribution in [0.5, 0.6) is 23.0 Å². The quantitative estimate of drug-likeness (QED) is 0.0795. The van der Waals surface area contributed by atoms with Gasteiger partial charge in [0.25, 0.3) is 0 Å².